The maximum Gasteiger partial charge on any atom is 0.224 e. The number of amides is 1. The van der Waals surface area contributed by atoms with E-state index in [0.717, 1.165) is 13.0 Å². The summed E-state index contributed by atoms with van der Waals surface area (Å²) in [6.45, 7) is 5.55. The van der Waals surface area contributed by atoms with E-state index in [1.807, 2.05) is 11.9 Å². The molecular weight excluding hydrogens is 236 g/mol. The number of rotatable bonds is 4. The smallest absolute Gasteiger partial charge is 0.224 e. The Morgan fingerprint density at radius 3 is 2.65 bits per heavy atom. The first kappa shape index (κ1) is 14.8. The fourth-order valence-corrected chi connectivity index (χ4v) is 2.58. The topological polar surface area (TPSA) is 32.3 Å². The molecule has 0 spiro atoms. The first-order valence-corrected chi connectivity index (χ1v) is 6.52. The second-order valence-electron chi connectivity index (χ2n) is 5.83. The van der Waals surface area contributed by atoms with Gasteiger partial charge in [-0.3, -0.25) is 4.79 Å². The van der Waals surface area contributed by atoms with Gasteiger partial charge in [-0.25, -0.2) is 0 Å². The van der Waals surface area contributed by atoms with E-state index in [9.17, 15) is 4.79 Å². The largest absolute Gasteiger partial charge is 0.342 e. The molecule has 2 unspecified atom stereocenters. The standard InChI is InChI=1S/C13H24N2O.ClH/c1-10(13(2)6-7-13)15(3)12(16)9-11-5-4-8-14-11;/h10-11,14H,4-9H2,1-3H3;1H. The molecule has 1 aliphatic heterocycles. The average molecular weight is 261 g/mol. The third-order valence-corrected chi connectivity index (χ3v) is 4.61. The van der Waals surface area contributed by atoms with Gasteiger partial charge in [0, 0.05) is 25.6 Å². The van der Waals surface area contributed by atoms with Gasteiger partial charge in [-0.1, -0.05) is 6.92 Å². The zero-order chi connectivity index (χ0) is 11.8. The summed E-state index contributed by atoms with van der Waals surface area (Å²) < 4.78 is 0. The maximum absolute atomic E-state index is 12.1. The summed E-state index contributed by atoms with van der Waals surface area (Å²) in [4.78, 5) is 14.1. The molecule has 0 aromatic rings. The molecule has 1 amide bonds. The Bertz CT molecular complexity index is 273. The fourth-order valence-electron chi connectivity index (χ4n) is 2.58. The molecule has 17 heavy (non-hydrogen) atoms. The molecule has 1 aliphatic carbocycles. The first-order valence-electron chi connectivity index (χ1n) is 6.52. The summed E-state index contributed by atoms with van der Waals surface area (Å²) in [6.07, 6.45) is 5.60. The van der Waals surface area contributed by atoms with Gasteiger partial charge in [0.1, 0.15) is 0 Å². The summed E-state index contributed by atoms with van der Waals surface area (Å²) in [5, 5.41) is 3.39. The minimum atomic E-state index is 0. The minimum Gasteiger partial charge on any atom is -0.342 e. The van der Waals surface area contributed by atoms with Crippen molar-refractivity contribution >= 4 is 18.3 Å². The zero-order valence-corrected chi connectivity index (χ0v) is 12.0. The zero-order valence-electron chi connectivity index (χ0n) is 11.2. The molecule has 2 fully saturated rings. The molecule has 0 aromatic carbocycles. The van der Waals surface area contributed by atoms with Crippen LogP contribution in [0.25, 0.3) is 0 Å². The van der Waals surface area contributed by atoms with E-state index in [1.54, 1.807) is 0 Å². The summed E-state index contributed by atoms with van der Waals surface area (Å²) in [5.74, 6) is 0.306. The lowest BCUT2D eigenvalue weighted by Crippen LogP contribution is -2.42. The average Bonchev–Trinajstić information content (AvgIpc) is 2.80. The molecule has 3 nitrogen and oxygen atoms in total. The molecule has 2 rings (SSSR count). The van der Waals surface area contributed by atoms with Gasteiger partial charge < -0.3 is 10.2 Å². The van der Waals surface area contributed by atoms with Crippen LogP contribution in [-0.4, -0.2) is 36.5 Å². The van der Waals surface area contributed by atoms with Gasteiger partial charge in [-0.05, 0) is 44.6 Å². The summed E-state index contributed by atoms with van der Waals surface area (Å²) in [6, 6.07) is 0.815. The van der Waals surface area contributed by atoms with Gasteiger partial charge in [0.2, 0.25) is 5.91 Å². The van der Waals surface area contributed by atoms with Crippen LogP contribution in [0.15, 0.2) is 0 Å². The van der Waals surface area contributed by atoms with Crippen LogP contribution in [0.3, 0.4) is 0 Å². The van der Waals surface area contributed by atoms with Crippen LogP contribution in [0.1, 0.15) is 46.0 Å². The number of nitrogens with one attached hydrogen (secondary N) is 1. The second-order valence-corrected chi connectivity index (χ2v) is 5.83. The van der Waals surface area contributed by atoms with Crippen molar-refractivity contribution in [1.29, 1.82) is 0 Å². The van der Waals surface area contributed by atoms with E-state index < -0.39 is 0 Å². The Morgan fingerprint density at radius 2 is 2.18 bits per heavy atom. The number of halogens is 1. The minimum absolute atomic E-state index is 0. The van der Waals surface area contributed by atoms with Crippen LogP contribution in [-0.2, 0) is 4.79 Å². The molecule has 2 atom stereocenters. The number of carbonyl (C=O) groups excluding carboxylic acids is 1. The quantitative estimate of drug-likeness (QED) is 0.841. The highest BCUT2D eigenvalue weighted by molar-refractivity contribution is 5.85. The van der Waals surface area contributed by atoms with E-state index in [-0.39, 0.29) is 12.4 Å². The second kappa shape index (κ2) is 5.57. The van der Waals surface area contributed by atoms with Crippen LogP contribution in [0, 0.1) is 5.41 Å². The molecule has 2 aliphatic rings. The van der Waals surface area contributed by atoms with Crippen LogP contribution < -0.4 is 5.32 Å². The number of nitrogens with zero attached hydrogens (tertiary/aromatic N) is 1. The summed E-state index contributed by atoms with van der Waals surface area (Å²) >= 11 is 0. The highest BCUT2D eigenvalue weighted by Crippen LogP contribution is 2.49. The highest BCUT2D eigenvalue weighted by Gasteiger charge is 2.45. The van der Waals surface area contributed by atoms with Gasteiger partial charge in [0.15, 0.2) is 0 Å². The predicted octanol–water partition coefficient (Wildman–Crippen LogP) is 2.20. The van der Waals surface area contributed by atoms with Crippen molar-refractivity contribution in [1.82, 2.24) is 10.2 Å². The molecule has 0 bridgehead atoms. The van der Waals surface area contributed by atoms with E-state index in [0.29, 0.717) is 29.8 Å². The van der Waals surface area contributed by atoms with Crippen LogP contribution in [0.2, 0.25) is 0 Å². The van der Waals surface area contributed by atoms with Crippen molar-refractivity contribution in [3.63, 3.8) is 0 Å². The van der Waals surface area contributed by atoms with Gasteiger partial charge in [-0.15, -0.1) is 12.4 Å². The molecule has 100 valence electrons. The monoisotopic (exact) mass is 260 g/mol. The maximum atomic E-state index is 12.1. The Hall–Kier alpha value is -0.280. The first-order chi connectivity index (χ1) is 7.53. The van der Waals surface area contributed by atoms with Crippen molar-refractivity contribution in [2.45, 2.75) is 58.0 Å². The third kappa shape index (κ3) is 3.35. The van der Waals surface area contributed by atoms with Crippen molar-refractivity contribution in [3.05, 3.63) is 0 Å². The van der Waals surface area contributed by atoms with Gasteiger partial charge in [0.05, 0.1) is 0 Å². The lowest BCUT2D eigenvalue weighted by atomic mass is 9.99. The molecule has 0 aromatic heterocycles. The van der Waals surface area contributed by atoms with E-state index in [4.69, 9.17) is 0 Å². The predicted molar refractivity (Wildman–Crippen MR) is 72.5 cm³/mol. The Balaban J connectivity index is 0.00000144. The molecule has 1 N–H and O–H groups in total. The van der Waals surface area contributed by atoms with Crippen molar-refractivity contribution in [2.75, 3.05) is 13.6 Å². The van der Waals surface area contributed by atoms with Gasteiger partial charge in [-0.2, -0.15) is 0 Å². The molecule has 4 heteroatoms. The lowest BCUT2D eigenvalue weighted by Gasteiger charge is -2.31. The molecule has 1 saturated heterocycles. The van der Waals surface area contributed by atoms with Gasteiger partial charge >= 0.3 is 0 Å². The van der Waals surface area contributed by atoms with Crippen LogP contribution in [0.5, 0.6) is 0 Å². The van der Waals surface area contributed by atoms with Crippen molar-refractivity contribution in [2.24, 2.45) is 5.41 Å². The Morgan fingerprint density at radius 1 is 1.53 bits per heavy atom. The molecule has 1 saturated carbocycles. The highest BCUT2D eigenvalue weighted by atomic mass is 35.5. The third-order valence-electron chi connectivity index (χ3n) is 4.61. The van der Waals surface area contributed by atoms with Gasteiger partial charge in [0.25, 0.3) is 0 Å². The van der Waals surface area contributed by atoms with Crippen molar-refractivity contribution in [3.8, 4) is 0 Å². The molecule has 0 radical (unpaired) electrons. The summed E-state index contributed by atoms with van der Waals surface area (Å²) in [7, 11) is 1.96. The van der Waals surface area contributed by atoms with Crippen LogP contribution in [0.4, 0.5) is 0 Å². The Labute approximate surface area is 111 Å². The van der Waals surface area contributed by atoms with E-state index in [2.05, 4.69) is 19.2 Å². The lowest BCUT2D eigenvalue weighted by molar-refractivity contribution is -0.133. The number of hydrogen-bond acceptors (Lipinski definition) is 2. The number of hydrogen-bond donors (Lipinski definition) is 1. The van der Waals surface area contributed by atoms with Crippen LogP contribution >= 0.6 is 12.4 Å². The molecular formula is C13H25ClN2O. The fraction of sp³-hybridized carbons (Fsp3) is 0.923. The van der Waals surface area contributed by atoms with E-state index >= 15 is 0 Å². The normalized spacial score (nSPS) is 27.1. The molecule has 1 heterocycles. The number of carbonyl (C=O) groups is 1. The van der Waals surface area contributed by atoms with Crippen molar-refractivity contribution < 1.29 is 4.79 Å². The summed E-state index contributed by atoms with van der Waals surface area (Å²) in [5.41, 5.74) is 0.396. The van der Waals surface area contributed by atoms with E-state index in [1.165, 1.54) is 19.3 Å². The Kier molecular flexibility index (Phi) is 4.85. The SMILES string of the molecule is CC(N(C)C(=O)CC1CCCN1)C1(C)CC1.Cl.